The summed E-state index contributed by atoms with van der Waals surface area (Å²) < 4.78 is 4.58. The first-order valence-corrected chi connectivity index (χ1v) is 9.84. The van der Waals surface area contributed by atoms with Gasteiger partial charge < -0.3 is 5.11 Å². The molecule has 6 nitrogen and oxygen atoms in total. The Morgan fingerprint density at radius 1 is 0.964 bits per heavy atom. The van der Waals surface area contributed by atoms with E-state index in [0.29, 0.717) is 10.3 Å². The first-order valence-electron chi connectivity index (χ1n) is 9.10. The number of fused-ring (bicyclic) bond motifs is 2. The molecule has 0 saturated carbocycles. The molecule has 0 aliphatic heterocycles. The van der Waals surface area contributed by atoms with Gasteiger partial charge in [-0.05, 0) is 67.3 Å². The molecule has 1 aliphatic rings. The molecular weight excluding hydrogens is 376 g/mol. The Morgan fingerprint density at radius 2 is 1.79 bits per heavy atom. The number of phenolic OH excluding ortho intramolecular Hbond substituents is 1. The third-order valence-electron chi connectivity index (χ3n) is 4.96. The molecule has 1 aliphatic carbocycles. The second-order valence-corrected chi connectivity index (χ2v) is 7.63. The zero-order valence-electron chi connectivity index (χ0n) is 15.4. The van der Waals surface area contributed by atoms with Gasteiger partial charge in [-0.3, -0.25) is 0 Å². The van der Waals surface area contributed by atoms with Crippen molar-refractivity contribution < 1.29 is 19.7 Å². The van der Waals surface area contributed by atoms with Crippen LogP contribution < -0.4 is 0 Å². The highest BCUT2D eigenvalue weighted by atomic mass is 32.2. The summed E-state index contributed by atoms with van der Waals surface area (Å²) >= 11 is 0.754. The average molecular weight is 396 g/mol. The van der Waals surface area contributed by atoms with Crippen LogP contribution in [0, 0.1) is 6.92 Å². The van der Waals surface area contributed by atoms with E-state index in [9.17, 15) is 5.11 Å². The van der Waals surface area contributed by atoms with Crippen molar-refractivity contribution in [2.75, 3.05) is 0 Å². The Bertz CT molecular complexity index is 1050. The summed E-state index contributed by atoms with van der Waals surface area (Å²) in [5.41, 5.74) is 4.74. The number of nitrogens with zero attached hydrogens (tertiary/aromatic N) is 2. The zero-order chi connectivity index (χ0) is 19.5. The molecule has 28 heavy (non-hydrogen) atoms. The number of phenols is 1. The highest BCUT2D eigenvalue weighted by Crippen LogP contribution is 2.44. The SMILES string of the molecule is Cc1ccc2c(O)c(N=Nc3ccc4c(c3)CCCC4)c(SOOO)cc2c1. The van der Waals surface area contributed by atoms with Crippen LogP contribution in [0.5, 0.6) is 5.75 Å². The van der Waals surface area contributed by atoms with Crippen molar-refractivity contribution in [3.63, 3.8) is 0 Å². The molecular formula is C21H20N2O4S. The van der Waals surface area contributed by atoms with Crippen molar-refractivity contribution >= 4 is 34.2 Å². The molecule has 0 atom stereocenters. The second kappa shape index (κ2) is 8.28. The lowest BCUT2D eigenvalue weighted by atomic mass is 9.91. The van der Waals surface area contributed by atoms with E-state index in [2.05, 4.69) is 31.7 Å². The molecule has 0 aromatic heterocycles. The van der Waals surface area contributed by atoms with Gasteiger partial charge >= 0.3 is 0 Å². The quantitative estimate of drug-likeness (QED) is 0.220. The van der Waals surface area contributed by atoms with E-state index < -0.39 is 0 Å². The van der Waals surface area contributed by atoms with Crippen LogP contribution in [0.4, 0.5) is 11.4 Å². The van der Waals surface area contributed by atoms with Crippen molar-refractivity contribution in [1.29, 1.82) is 0 Å². The van der Waals surface area contributed by atoms with Crippen molar-refractivity contribution in [1.82, 2.24) is 0 Å². The van der Waals surface area contributed by atoms with E-state index in [-0.39, 0.29) is 11.4 Å². The first kappa shape index (κ1) is 18.9. The summed E-state index contributed by atoms with van der Waals surface area (Å²) in [5.74, 6) is 0.00301. The molecule has 0 saturated heterocycles. The minimum absolute atomic E-state index is 0.00301. The number of hydrogen-bond acceptors (Lipinski definition) is 7. The van der Waals surface area contributed by atoms with Crippen molar-refractivity contribution in [3.05, 3.63) is 59.2 Å². The Kier molecular flexibility index (Phi) is 5.59. The van der Waals surface area contributed by atoms with E-state index >= 15 is 0 Å². The number of rotatable bonds is 5. The van der Waals surface area contributed by atoms with Crippen LogP contribution in [0.15, 0.2) is 57.6 Å². The van der Waals surface area contributed by atoms with Gasteiger partial charge in [-0.25, -0.2) is 5.26 Å². The van der Waals surface area contributed by atoms with Gasteiger partial charge in [0.1, 0.15) is 5.69 Å². The summed E-state index contributed by atoms with van der Waals surface area (Å²) in [7, 11) is 0. The molecule has 0 radical (unpaired) electrons. The van der Waals surface area contributed by atoms with Crippen molar-refractivity contribution in [2.45, 2.75) is 37.5 Å². The fourth-order valence-electron chi connectivity index (χ4n) is 3.57. The predicted molar refractivity (Wildman–Crippen MR) is 108 cm³/mol. The molecule has 4 rings (SSSR count). The van der Waals surface area contributed by atoms with Gasteiger partial charge in [0.25, 0.3) is 0 Å². The molecule has 3 aromatic carbocycles. The van der Waals surface area contributed by atoms with Gasteiger partial charge in [0.05, 0.1) is 22.6 Å². The van der Waals surface area contributed by atoms with Gasteiger partial charge in [0, 0.05) is 5.39 Å². The fraction of sp³-hybridized carbons (Fsp3) is 0.238. The third-order valence-corrected chi connectivity index (χ3v) is 5.58. The average Bonchev–Trinajstić information content (AvgIpc) is 2.71. The zero-order valence-corrected chi connectivity index (χ0v) is 16.2. The minimum atomic E-state index is 0.00301. The van der Waals surface area contributed by atoms with Crippen molar-refractivity contribution in [3.8, 4) is 5.75 Å². The van der Waals surface area contributed by atoms with E-state index in [4.69, 9.17) is 5.26 Å². The van der Waals surface area contributed by atoms with Gasteiger partial charge in [0.2, 0.25) is 0 Å². The topological polar surface area (TPSA) is 83.6 Å². The van der Waals surface area contributed by atoms with E-state index in [1.807, 2.05) is 37.3 Å². The van der Waals surface area contributed by atoms with Crippen LogP contribution in [-0.4, -0.2) is 10.4 Å². The Balaban J connectivity index is 1.74. The van der Waals surface area contributed by atoms with Gasteiger partial charge in [-0.1, -0.05) is 34.9 Å². The summed E-state index contributed by atoms with van der Waals surface area (Å²) in [6.07, 6.45) is 4.59. The lowest BCUT2D eigenvalue weighted by Crippen LogP contribution is -2.01. The normalized spacial score (nSPS) is 13.9. The third kappa shape index (κ3) is 3.88. The molecule has 0 bridgehead atoms. The van der Waals surface area contributed by atoms with Crippen LogP contribution in [0.2, 0.25) is 0 Å². The molecule has 2 N–H and O–H groups in total. The molecule has 0 unspecified atom stereocenters. The summed E-state index contributed by atoms with van der Waals surface area (Å²) in [6, 6.07) is 13.6. The summed E-state index contributed by atoms with van der Waals surface area (Å²) in [4.78, 5) is 0.478. The van der Waals surface area contributed by atoms with Gasteiger partial charge in [-0.15, -0.1) is 9.45 Å². The highest BCUT2D eigenvalue weighted by molar-refractivity contribution is 7.94. The first-order chi connectivity index (χ1) is 13.7. The number of benzene rings is 3. The van der Waals surface area contributed by atoms with Crippen LogP contribution in [-0.2, 0) is 22.2 Å². The molecule has 7 heteroatoms. The molecule has 144 valence electrons. The molecule has 0 heterocycles. The van der Waals surface area contributed by atoms with Crippen LogP contribution in [0.1, 0.15) is 29.5 Å². The number of azo groups is 1. The smallest absolute Gasteiger partial charge is 0.152 e. The molecule has 3 aromatic rings. The van der Waals surface area contributed by atoms with E-state index in [1.165, 1.54) is 24.0 Å². The maximum atomic E-state index is 10.8. The van der Waals surface area contributed by atoms with Gasteiger partial charge in [-0.2, -0.15) is 5.11 Å². The van der Waals surface area contributed by atoms with Crippen LogP contribution in [0.25, 0.3) is 10.8 Å². The van der Waals surface area contributed by atoms with Crippen LogP contribution in [0.3, 0.4) is 0 Å². The Hall–Kier alpha value is -2.45. The summed E-state index contributed by atoms with van der Waals surface area (Å²) in [5, 5.41) is 33.1. The number of hydrogen-bond donors (Lipinski definition) is 2. The van der Waals surface area contributed by atoms with Gasteiger partial charge in [0.15, 0.2) is 5.75 Å². The van der Waals surface area contributed by atoms with E-state index in [1.54, 1.807) is 0 Å². The van der Waals surface area contributed by atoms with Crippen molar-refractivity contribution in [2.24, 2.45) is 10.2 Å². The van der Waals surface area contributed by atoms with Crippen LogP contribution >= 0.6 is 12.0 Å². The summed E-state index contributed by atoms with van der Waals surface area (Å²) in [6.45, 7) is 1.97. The second-order valence-electron chi connectivity index (χ2n) is 6.88. The maximum Gasteiger partial charge on any atom is 0.152 e. The Morgan fingerprint density at radius 3 is 2.61 bits per heavy atom. The monoisotopic (exact) mass is 396 g/mol. The minimum Gasteiger partial charge on any atom is -0.505 e. The number of aryl methyl sites for hydroxylation is 3. The standard InChI is InChI=1S/C21H20N2O4S/c1-13-6-9-18-16(10-13)12-19(28-27-26-25)20(21(18)24)23-22-17-8-7-14-4-2-3-5-15(14)11-17/h6-12,24-25H,2-5H2,1H3. The lowest BCUT2D eigenvalue weighted by molar-refractivity contribution is -0.432. The number of aromatic hydroxyl groups is 1. The largest absolute Gasteiger partial charge is 0.505 e. The Labute approximate surface area is 166 Å². The molecule has 0 amide bonds. The fourth-order valence-corrected chi connectivity index (χ4v) is 4.07. The van der Waals surface area contributed by atoms with E-state index in [0.717, 1.165) is 41.5 Å². The molecule has 0 spiro atoms. The maximum absolute atomic E-state index is 10.8. The lowest BCUT2D eigenvalue weighted by Gasteiger charge is -2.15. The highest BCUT2D eigenvalue weighted by Gasteiger charge is 2.15. The molecule has 0 fully saturated rings. The predicted octanol–water partition coefficient (Wildman–Crippen LogP) is 6.58.